The number of hydrogen-bond acceptors (Lipinski definition) is 3. The predicted octanol–water partition coefficient (Wildman–Crippen LogP) is 2.17. The number of nitrogens with one attached hydrogen (secondary N) is 1. The number of nitrogens with zero attached hydrogens (tertiary/aromatic N) is 1. The van der Waals surface area contributed by atoms with Crippen molar-refractivity contribution in [2.75, 3.05) is 18.8 Å². The number of likely N-dealkylation sites (tertiary alicyclic amines) is 1. The molecular formula is C14H24N2O3S. The van der Waals surface area contributed by atoms with Crippen molar-refractivity contribution < 1.29 is 14.7 Å². The van der Waals surface area contributed by atoms with Gasteiger partial charge in [-0.3, -0.25) is 4.79 Å². The monoisotopic (exact) mass is 300 g/mol. The van der Waals surface area contributed by atoms with Gasteiger partial charge in [-0.1, -0.05) is 13.3 Å². The second kappa shape index (κ2) is 6.24. The average Bonchev–Trinajstić information content (AvgIpc) is 2.98. The number of hydrogen-bond donors (Lipinski definition) is 2. The van der Waals surface area contributed by atoms with E-state index in [4.69, 9.17) is 0 Å². The lowest BCUT2D eigenvalue weighted by molar-refractivity contribution is -0.146. The first-order valence-corrected chi connectivity index (χ1v) is 8.41. The van der Waals surface area contributed by atoms with Crippen LogP contribution in [0.5, 0.6) is 0 Å². The van der Waals surface area contributed by atoms with E-state index in [1.165, 1.54) is 0 Å². The van der Waals surface area contributed by atoms with Crippen molar-refractivity contribution in [2.24, 2.45) is 5.41 Å². The molecule has 114 valence electrons. The third-order valence-electron chi connectivity index (χ3n) is 4.42. The summed E-state index contributed by atoms with van der Waals surface area (Å²) in [5.74, 6) is 0.255. The highest BCUT2D eigenvalue weighted by Gasteiger charge is 2.42. The lowest BCUT2D eigenvalue weighted by Gasteiger charge is -2.25. The van der Waals surface area contributed by atoms with Gasteiger partial charge in [0, 0.05) is 24.4 Å². The van der Waals surface area contributed by atoms with Gasteiger partial charge in [-0.25, -0.2) is 4.79 Å². The Morgan fingerprint density at radius 1 is 1.45 bits per heavy atom. The van der Waals surface area contributed by atoms with Crippen LogP contribution >= 0.6 is 11.8 Å². The maximum Gasteiger partial charge on any atom is 0.317 e. The molecule has 1 aliphatic heterocycles. The van der Waals surface area contributed by atoms with Gasteiger partial charge in [-0.05, 0) is 31.9 Å². The predicted molar refractivity (Wildman–Crippen MR) is 80.0 cm³/mol. The van der Waals surface area contributed by atoms with Crippen LogP contribution in [0.2, 0.25) is 0 Å². The van der Waals surface area contributed by atoms with Gasteiger partial charge >= 0.3 is 12.0 Å². The molecule has 1 aliphatic carbocycles. The molecule has 3 atom stereocenters. The Hall–Kier alpha value is -0.910. The number of carboxylic acids is 1. The van der Waals surface area contributed by atoms with E-state index in [0.717, 1.165) is 25.0 Å². The van der Waals surface area contributed by atoms with Crippen molar-refractivity contribution in [1.82, 2.24) is 10.2 Å². The van der Waals surface area contributed by atoms with E-state index < -0.39 is 11.4 Å². The second-order valence-corrected chi connectivity index (χ2v) is 7.53. The summed E-state index contributed by atoms with van der Waals surface area (Å²) in [7, 11) is 0. The second-order valence-electron chi connectivity index (χ2n) is 6.02. The molecule has 0 aromatic heterocycles. The van der Waals surface area contributed by atoms with Crippen LogP contribution in [0, 0.1) is 5.41 Å². The first-order chi connectivity index (χ1) is 9.46. The number of carbonyl (C=O) groups is 2. The summed E-state index contributed by atoms with van der Waals surface area (Å²) in [6, 6.07) is 0.146. The van der Waals surface area contributed by atoms with E-state index in [9.17, 15) is 14.7 Å². The van der Waals surface area contributed by atoms with Crippen molar-refractivity contribution in [2.45, 2.75) is 50.8 Å². The summed E-state index contributed by atoms with van der Waals surface area (Å²) in [5, 5.41) is 12.8. The molecule has 20 heavy (non-hydrogen) atoms. The highest BCUT2D eigenvalue weighted by Crippen LogP contribution is 2.32. The number of urea groups is 1. The van der Waals surface area contributed by atoms with E-state index >= 15 is 0 Å². The van der Waals surface area contributed by atoms with E-state index in [0.29, 0.717) is 24.8 Å². The molecule has 2 amide bonds. The topological polar surface area (TPSA) is 69.6 Å². The molecule has 0 radical (unpaired) electrons. The Morgan fingerprint density at radius 2 is 2.20 bits per heavy atom. The zero-order valence-corrected chi connectivity index (χ0v) is 13.0. The van der Waals surface area contributed by atoms with Gasteiger partial charge < -0.3 is 15.3 Å². The molecule has 2 fully saturated rings. The maximum absolute atomic E-state index is 12.3. The van der Waals surface area contributed by atoms with Crippen LogP contribution in [0.4, 0.5) is 4.79 Å². The highest BCUT2D eigenvalue weighted by atomic mass is 32.2. The zero-order chi connectivity index (χ0) is 14.8. The van der Waals surface area contributed by atoms with E-state index in [2.05, 4.69) is 12.2 Å². The van der Waals surface area contributed by atoms with Crippen LogP contribution in [0.1, 0.15) is 39.5 Å². The number of carboxylic acid groups (broad SMARTS) is 1. The van der Waals surface area contributed by atoms with Crippen LogP contribution in [0.15, 0.2) is 0 Å². The minimum atomic E-state index is -0.812. The first-order valence-electron chi connectivity index (χ1n) is 7.37. The van der Waals surface area contributed by atoms with E-state index in [-0.39, 0.29) is 12.1 Å². The molecule has 5 nitrogen and oxygen atoms in total. The minimum absolute atomic E-state index is 0.0939. The van der Waals surface area contributed by atoms with Crippen molar-refractivity contribution in [1.29, 1.82) is 0 Å². The summed E-state index contributed by atoms with van der Waals surface area (Å²) in [4.78, 5) is 25.1. The number of amides is 2. The average molecular weight is 300 g/mol. The normalized spacial score (nSPS) is 33.4. The van der Waals surface area contributed by atoms with E-state index in [1.54, 1.807) is 11.8 Å². The lowest BCUT2D eigenvalue weighted by atomic mass is 9.90. The quantitative estimate of drug-likeness (QED) is 0.835. The van der Waals surface area contributed by atoms with Crippen LogP contribution in [-0.4, -0.2) is 52.1 Å². The molecule has 0 aromatic rings. The van der Waals surface area contributed by atoms with Gasteiger partial charge in [0.05, 0.1) is 5.41 Å². The van der Waals surface area contributed by atoms with Crippen LogP contribution in [0.3, 0.4) is 0 Å². The molecule has 0 spiro atoms. The fourth-order valence-electron chi connectivity index (χ4n) is 3.06. The van der Waals surface area contributed by atoms with Crippen molar-refractivity contribution in [3.05, 3.63) is 0 Å². The Morgan fingerprint density at radius 3 is 2.80 bits per heavy atom. The fraction of sp³-hybridized carbons (Fsp3) is 0.857. The van der Waals surface area contributed by atoms with Gasteiger partial charge in [-0.15, -0.1) is 0 Å². The van der Waals surface area contributed by atoms with Crippen LogP contribution in [0.25, 0.3) is 0 Å². The summed E-state index contributed by atoms with van der Waals surface area (Å²) in [6.07, 6.45) is 3.90. The maximum atomic E-state index is 12.3. The third-order valence-corrected chi connectivity index (χ3v) is 5.74. The molecule has 1 heterocycles. The van der Waals surface area contributed by atoms with Gasteiger partial charge in [0.15, 0.2) is 0 Å². The zero-order valence-electron chi connectivity index (χ0n) is 12.2. The summed E-state index contributed by atoms with van der Waals surface area (Å²) in [5.41, 5.74) is -0.787. The minimum Gasteiger partial charge on any atom is -0.481 e. The smallest absolute Gasteiger partial charge is 0.317 e. The Bertz CT molecular complexity index is 391. The molecule has 0 aromatic carbocycles. The summed E-state index contributed by atoms with van der Waals surface area (Å²) in [6.45, 7) is 4.70. The Balaban J connectivity index is 1.88. The SMILES string of the molecule is CCSC1CCCC1NC(=O)N1CCC(C)(C(=O)O)C1. The molecule has 2 rings (SSSR count). The van der Waals surface area contributed by atoms with Crippen molar-refractivity contribution in [3.8, 4) is 0 Å². The number of rotatable bonds is 4. The number of thioether (sulfide) groups is 1. The molecule has 0 bridgehead atoms. The lowest BCUT2D eigenvalue weighted by Crippen LogP contribution is -2.47. The summed E-state index contributed by atoms with van der Waals surface area (Å²) >= 11 is 1.91. The largest absolute Gasteiger partial charge is 0.481 e. The molecule has 2 aliphatic rings. The van der Waals surface area contributed by atoms with E-state index in [1.807, 2.05) is 11.8 Å². The third kappa shape index (κ3) is 3.22. The molecule has 3 unspecified atom stereocenters. The van der Waals surface area contributed by atoms with Crippen LogP contribution < -0.4 is 5.32 Å². The number of aliphatic carboxylic acids is 1. The van der Waals surface area contributed by atoms with Gasteiger partial charge in [0.25, 0.3) is 0 Å². The molecule has 2 N–H and O–H groups in total. The van der Waals surface area contributed by atoms with Gasteiger partial charge in [0.1, 0.15) is 0 Å². The summed E-state index contributed by atoms with van der Waals surface area (Å²) < 4.78 is 0. The standard InChI is InChI=1S/C14H24N2O3S/c1-3-20-11-6-4-5-10(11)15-13(19)16-8-7-14(2,9-16)12(17)18/h10-11H,3-9H2,1-2H3,(H,15,19)(H,17,18). The van der Waals surface area contributed by atoms with Crippen molar-refractivity contribution in [3.63, 3.8) is 0 Å². The molecule has 1 saturated carbocycles. The molecule has 6 heteroatoms. The Kier molecular flexibility index (Phi) is 4.83. The van der Waals surface area contributed by atoms with Crippen molar-refractivity contribution >= 4 is 23.8 Å². The van der Waals surface area contributed by atoms with Crippen LogP contribution in [-0.2, 0) is 4.79 Å². The molecular weight excluding hydrogens is 276 g/mol. The molecule has 1 saturated heterocycles. The fourth-order valence-corrected chi connectivity index (χ4v) is 4.26. The number of carbonyl (C=O) groups excluding carboxylic acids is 1. The van der Waals surface area contributed by atoms with Gasteiger partial charge in [-0.2, -0.15) is 11.8 Å². The first kappa shape index (κ1) is 15.5. The van der Waals surface area contributed by atoms with Gasteiger partial charge in [0.2, 0.25) is 0 Å². The highest BCUT2D eigenvalue weighted by molar-refractivity contribution is 7.99. The Labute approximate surface area is 124 Å².